The van der Waals surface area contributed by atoms with Crippen LogP contribution in [-0.2, 0) is 7.05 Å². The molecule has 0 atom stereocenters. The number of nitrogens with zero attached hydrogens (tertiary/aromatic N) is 4. The fourth-order valence-corrected chi connectivity index (χ4v) is 1.20. The Morgan fingerprint density at radius 1 is 1.46 bits per heavy atom. The van der Waals surface area contributed by atoms with Crippen LogP contribution in [0.4, 0.5) is 11.8 Å². The van der Waals surface area contributed by atoms with E-state index in [0.29, 0.717) is 5.82 Å². The van der Waals surface area contributed by atoms with Crippen LogP contribution in [-0.4, -0.2) is 26.6 Å². The van der Waals surface area contributed by atoms with E-state index in [-0.39, 0.29) is 5.95 Å². The number of fused-ring (bicyclic) bond motifs is 1. The van der Waals surface area contributed by atoms with Gasteiger partial charge in [0.15, 0.2) is 17.0 Å². The second-order valence-electron chi connectivity index (χ2n) is 2.71. The minimum atomic E-state index is 0.250. The van der Waals surface area contributed by atoms with E-state index in [1.807, 2.05) is 7.05 Å². The minimum absolute atomic E-state index is 0.250. The maximum Gasteiger partial charge on any atom is 0.224 e. The summed E-state index contributed by atoms with van der Waals surface area (Å²) in [6, 6.07) is 0. The largest absolute Gasteiger partial charge is 0.371 e. The maximum absolute atomic E-state index is 5.52. The molecule has 0 radical (unpaired) electrons. The number of hydrogen-bond donors (Lipinski definition) is 2. The van der Waals surface area contributed by atoms with E-state index >= 15 is 0 Å². The van der Waals surface area contributed by atoms with Crippen LogP contribution >= 0.6 is 0 Å². The van der Waals surface area contributed by atoms with Crippen molar-refractivity contribution in [1.82, 2.24) is 19.5 Å². The molecule has 0 amide bonds. The minimum Gasteiger partial charge on any atom is -0.371 e. The van der Waals surface area contributed by atoms with Crippen LogP contribution in [0.2, 0.25) is 0 Å². The summed E-state index contributed by atoms with van der Waals surface area (Å²) in [4.78, 5) is 12.2. The van der Waals surface area contributed by atoms with Gasteiger partial charge in [0.25, 0.3) is 0 Å². The molecule has 13 heavy (non-hydrogen) atoms. The van der Waals surface area contributed by atoms with E-state index in [1.165, 1.54) is 0 Å². The molecule has 2 aromatic heterocycles. The van der Waals surface area contributed by atoms with Crippen LogP contribution in [0.1, 0.15) is 0 Å². The number of hydrogen-bond acceptors (Lipinski definition) is 5. The van der Waals surface area contributed by atoms with E-state index in [2.05, 4.69) is 20.3 Å². The molecule has 0 spiro atoms. The van der Waals surface area contributed by atoms with Gasteiger partial charge in [-0.2, -0.15) is 9.97 Å². The first-order chi connectivity index (χ1) is 6.22. The lowest BCUT2D eigenvalue weighted by Crippen LogP contribution is -2.02. The molecule has 0 saturated carbocycles. The van der Waals surface area contributed by atoms with Crippen molar-refractivity contribution >= 4 is 22.9 Å². The first-order valence-electron chi connectivity index (χ1n) is 3.84. The van der Waals surface area contributed by atoms with Crippen LogP contribution < -0.4 is 11.1 Å². The topological polar surface area (TPSA) is 81.7 Å². The summed E-state index contributed by atoms with van der Waals surface area (Å²) >= 11 is 0. The number of nitrogen functional groups attached to an aromatic ring is 1. The predicted molar refractivity (Wildman–Crippen MR) is 50.3 cm³/mol. The zero-order chi connectivity index (χ0) is 9.42. The molecule has 0 aliphatic heterocycles. The Kier molecular flexibility index (Phi) is 1.54. The molecule has 0 aliphatic carbocycles. The summed E-state index contributed by atoms with van der Waals surface area (Å²) in [5, 5.41) is 2.92. The Labute approximate surface area is 74.8 Å². The van der Waals surface area contributed by atoms with Gasteiger partial charge in [0.1, 0.15) is 0 Å². The molecular weight excluding hydrogens is 168 g/mol. The molecule has 0 fully saturated rings. The van der Waals surface area contributed by atoms with Gasteiger partial charge >= 0.3 is 0 Å². The molecule has 0 aromatic carbocycles. The molecule has 6 nitrogen and oxygen atoms in total. The van der Waals surface area contributed by atoms with Gasteiger partial charge < -0.3 is 15.6 Å². The Hall–Kier alpha value is -1.85. The highest BCUT2D eigenvalue weighted by Crippen LogP contribution is 2.17. The summed E-state index contributed by atoms with van der Waals surface area (Å²) in [6.07, 6.45) is 1.68. The van der Waals surface area contributed by atoms with E-state index in [0.717, 1.165) is 11.2 Å². The van der Waals surface area contributed by atoms with Crippen molar-refractivity contribution in [3.05, 3.63) is 6.33 Å². The third-order valence-electron chi connectivity index (χ3n) is 1.81. The van der Waals surface area contributed by atoms with Crippen LogP contribution in [0, 0.1) is 0 Å². The summed E-state index contributed by atoms with van der Waals surface area (Å²) in [7, 11) is 3.64. The zero-order valence-corrected chi connectivity index (χ0v) is 7.44. The highest BCUT2D eigenvalue weighted by atomic mass is 15.2. The number of anilines is 2. The Morgan fingerprint density at radius 3 is 2.92 bits per heavy atom. The van der Waals surface area contributed by atoms with Gasteiger partial charge in [-0.1, -0.05) is 0 Å². The molecule has 6 heteroatoms. The van der Waals surface area contributed by atoms with Gasteiger partial charge in [-0.05, 0) is 0 Å². The van der Waals surface area contributed by atoms with Gasteiger partial charge in [-0.3, -0.25) is 0 Å². The maximum atomic E-state index is 5.52. The van der Waals surface area contributed by atoms with Gasteiger partial charge in [-0.15, -0.1) is 0 Å². The standard InChI is InChI=1S/C7H10N6/c1-9-5-4-6(12-7(8)11-5)13(2)3-10-4/h3H,1-2H3,(H3,8,9,11,12). The third kappa shape index (κ3) is 1.07. The van der Waals surface area contributed by atoms with Crippen LogP contribution in [0.3, 0.4) is 0 Å². The van der Waals surface area contributed by atoms with E-state index < -0.39 is 0 Å². The first kappa shape index (κ1) is 7.78. The van der Waals surface area contributed by atoms with Gasteiger partial charge in [0, 0.05) is 14.1 Å². The first-order valence-corrected chi connectivity index (χ1v) is 3.84. The second-order valence-corrected chi connectivity index (χ2v) is 2.71. The molecule has 2 heterocycles. The molecule has 0 aliphatic rings. The van der Waals surface area contributed by atoms with Crippen molar-refractivity contribution in [2.75, 3.05) is 18.1 Å². The monoisotopic (exact) mass is 178 g/mol. The number of aryl methyl sites for hydroxylation is 1. The fraction of sp³-hybridized carbons (Fsp3) is 0.286. The van der Waals surface area contributed by atoms with Crippen LogP contribution in [0.15, 0.2) is 6.33 Å². The highest BCUT2D eigenvalue weighted by Gasteiger charge is 2.08. The van der Waals surface area contributed by atoms with Gasteiger partial charge in [0.2, 0.25) is 5.95 Å². The summed E-state index contributed by atoms with van der Waals surface area (Å²) in [5.74, 6) is 0.906. The number of nitrogens with one attached hydrogen (secondary N) is 1. The molecule has 2 aromatic rings. The number of nitrogens with two attached hydrogens (primary N) is 1. The number of rotatable bonds is 1. The van der Waals surface area contributed by atoms with Crippen molar-refractivity contribution in [3.63, 3.8) is 0 Å². The normalized spacial score (nSPS) is 10.6. The predicted octanol–water partition coefficient (Wildman–Crippen LogP) is -0.0128. The lowest BCUT2D eigenvalue weighted by atomic mass is 10.5. The third-order valence-corrected chi connectivity index (χ3v) is 1.81. The average molecular weight is 178 g/mol. The number of aromatic nitrogens is 4. The SMILES string of the molecule is CNc1nc(N)nc2c1ncn2C. The molecule has 3 N–H and O–H groups in total. The summed E-state index contributed by atoms with van der Waals surface area (Å²) in [6.45, 7) is 0. The lowest BCUT2D eigenvalue weighted by Gasteiger charge is -2.01. The van der Waals surface area contributed by atoms with Crippen LogP contribution in [0.5, 0.6) is 0 Å². The zero-order valence-electron chi connectivity index (χ0n) is 7.44. The van der Waals surface area contributed by atoms with Gasteiger partial charge in [0.05, 0.1) is 6.33 Å². The van der Waals surface area contributed by atoms with Crippen molar-refractivity contribution in [1.29, 1.82) is 0 Å². The Bertz CT molecular complexity index is 445. The molecule has 0 unspecified atom stereocenters. The quantitative estimate of drug-likeness (QED) is 0.641. The second kappa shape index (κ2) is 2.58. The smallest absolute Gasteiger partial charge is 0.224 e. The highest BCUT2D eigenvalue weighted by molar-refractivity contribution is 5.83. The summed E-state index contributed by atoms with van der Waals surface area (Å²) in [5.41, 5.74) is 6.99. The van der Waals surface area contributed by atoms with E-state index in [4.69, 9.17) is 5.73 Å². The molecule has 68 valence electrons. The number of imidazole rings is 1. The van der Waals surface area contributed by atoms with E-state index in [1.54, 1.807) is 17.9 Å². The van der Waals surface area contributed by atoms with Crippen molar-refractivity contribution in [2.24, 2.45) is 7.05 Å². The molecule has 0 bridgehead atoms. The average Bonchev–Trinajstić information content (AvgIpc) is 2.47. The van der Waals surface area contributed by atoms with E-state index in [9.17, 15) is 0 Å². The molecule has 0 saturated heterocycles. The van der Waals surface area contributed by atoms with Crippen molar-refractivity contribution in [3.8, 4) is 0 Å². The molecule has 2 rings (SSSR count). The Morgan fingerprint density at radius 2 is 2.23 bits per heavy atom. The lowest BCUT2D eigenvalue weighted by molar-refractivity contribution is 0.929. The van der Waals surface area contributed by atoms with Crippen LogP contribution in [0.25, 0.3) is 11.2 Å². The molecular formula is C7H10N6. The fourth-order valence-electron chi connectivity index (χ4n) is 1.20. The van der Waals surface area contributed by atoms with Crippen molar-refractivity contribution in [2.45, 2.75) is 0 Å². The van der Waals surface area contributed by atoms with Crippen molar-refractivity contribution < 1.29 is 0 Å². The summed E-state index contributed by atoms with van der Waals surface area (Å²) < 4.78 is 1.80. The Balaban J connectivity index is 2.84. The van der Waals surface area contributed by atoms with Gasteiger partial charge in [-0.25, -0.2) is 4.98 Å².